The van der Waals surface area contributed by atoms with Crippen LogP contribution in [0.4, 0.5) is 0 Å². The van der Waals surface area contributed by atoms with Crippen molar-refractivity contribution in [2.45, 2.75) is 157 Å². The number of aromatic nitrogens is 6. The zero-order valence-electron chi connectivity index (χ0n) is 50.7. The molecule has 7 aromatic carbocycles. The van der Waals surface area contributed by atoms with Gasteiger partial charge in [0.05, 0.1) is 33.4 Å². The predicted octanol–water partition coefficient (Wildman–Crippen LogP) is 19.9. The second kappa shape index (κ2) is 19.0. The number of nitrogens with zero attached hydrogens (tertiary/aromatic N) is 6. The predicted molar refractivity (Wildman–Crippen MR) is 340 cm³/mol. The highest BCUT2D eigenvalue weighted by atomic mass is 15.0. The highest BCUT2D eigenvalue weighted by molar-refractivity contribution is 6.12. The van der Waals surface area contributed by atoms with Gasteiger partial charge >= 0.3 is 0 Å². The van der Waals surface area contributed by atoms with E-state index in [-0.39, 0.29) is 32.5 Å². The summed E-state index contributed by atoms with van der Waals surface area (Å²) in [5.74, 6) is 1.89. The minimum atomic E-state index is -0.116. The van der Waals surface area contributed by atoms with Crippen molar-refractivity contribution in [3.8, 4) is 56.7 Å². The molecule has 0 N–H and O–H groups in total. The fourth-order valence-corrected chi connectivity index (χ4v) is 11.3. The molecule has 0 amide bonds. The standard InChI is InChI=1S/C74H80N6/c1-69(2,3)48-28-31-63-57(42-48)58-43-49(70(4,5)6)29-32-64(58)80(63)62-30-27-45(39-56(62)59-44-75-34-33-65(59)79-60-25-21-19-23-54(60)55-24-20-22-26-61(55)79)66-76-67(46-35-50(71(7,8)9)40-51(36-46)72(10,11)12)78-68(77-66)47-37-52(73(13,14)15)41-53(38-47)74(16,17)18/h19-44H,1-18H3. The van der Waals surface area contributed by atoms with Gasteiger partial charge in [0.25, 0.3) is 0 Å². The van der Waals surface area contributed by atoms with Crippen LogP contribution in [0.25, 0.3) is 100 Å². The lowest BCUT2D eigenvalue weighted by molar-refractivity contribution is 0.568. The first-order valence-electron chi connectivity index (χ1n) is 28.7. The van der Waals surface area contributed by atoms with E-state index in [0.29, 0.717) is 17.5 Å². The molecule has 0 saturated carbocycles. The smallest absolute Gasteiger partial charge is 0.164 e. The summed E-state index contributed by atoms with van der Waals surface area (Å²) in [6.07, 6.45) is 3.97. The molecule has 6 heteroatoms. The van der Waals surface area contributed by atoms with E-state index in [9.17, 15) is 0 Å². The molecule has 0 saturated heterocycles. The highest BCUT2D eigenvalue weighted by Gasteiger charge is 2.28. The van der Waals surface area contributed by atoms with Crippen molar-refractivity contribution < 1.29 is 0 Å². The number of fused-ring (bicyclic) bond motifs is 6. The molecule has 0 aliphatic carbocycles. The summed E-state index contributed by atoms with van der Waals surface area (Å²) < 4.78 is 4.89. The molecule has 0 radical (unpaired) electrons. The van der Waals surface area contributed by atoms with Crippen molar-refractivity contribution in [2.75, 3.05) is 0 Å². The Balaban J connectivity index is 1.26. The maximum atomic E-state index is 5.58. The van der Waals surface area contributed by atoms with Crippen molar-refractivity contribution in [2.24, 2.45) is 0 Å². The molecule has 80 heavy (non-hydrogen) atoms. The Morgan fingerprint density at radius 1 is 0.287 bits per heavy atom. The lowest BCUT2D eigenvalue weighted by Gasteiger charge is -2.26. The molecule has 4 aromatic heterocycles. The van der Waals surface area contributed by atoms with Gasteiger partial charge < -0.3 is 9.13 Å². The maximum Gasteiger partial charge on any atom is 0.164 e. The number of hydrogen-bond acceptors (Lipinski definition) is 4. The Labute approximate surface area is 475 Å². The molecule has 11 rings (SSSR count). The minimum absolute atomic E-state index is 0.0447. The van der Waals surface area contributed by atoms with Crippen LogP contribution in [0.1, 0.15) is 158 Å². The van der Waals surface area contributed by atoms with Crippen LogP contribution in [0, 0.1) is 0 Å². The van der Waals surface area contributed by atoms with Gasteiger partial charge in [0.2, 0.25) is 0 Å². The Bertz CT molecular complexity index is 3950. The first-order valence-corrected chi connectivity index (χ1v) is 28.7. The van der Waals surface area contributed by atoms with Gasteiger partial charge in [-0.1, -0.05) is 185 Å². The molecular formula is C74H80N6. The number of pyridine rings is 1. The molecule has 0 spiro atoms. The average molecular weight is 1050 g/mol. The summed E-state index contributed by atoms with van der Waals surface area (Å²) in [6, 6.07) is 54.6. The van der Waals surface area contributed by atoms with E-state index >= 15 is 0 Å². The molecule has 0 fully saturated rings. The van der Waals surface area contributed by atoms with E-state index in [4.69, 9.17) is 19.9 Å². The monoisotopic (exact) mass is 1050 g/mol. The Hall–Kier alpha value is -7.70. The third-order valence-corrected chi connectivity index (χ3v) is 16.4. The first kappa shape index (κ1) is 54.3. The molecule has 11 aromatic rings. The van der Waals surface area contributed by atoms with E-state index in [1.807, 2.05) is 12.4 Å². The normalized spacial score (nSPS) is 13.1. The van der Waals surface area contributed by atoms with Gasteiger partial charge in [0, 0.05) is 61.8 Å². The molecular weight excluding hydrogens is 973 g/mol. The summed E-state index contributed by atoms with van der Waals surface area (Å²) in [7, 11) is 0. The summed E-state index contributed by atoms with van der Waals surface area (Å²) in [4.78, 5) is 21.7. The molecule has 0 aliphatic rings. The van der Waals surface area contributed by atoms with Gasteiger partial charge in [-0.05, 0) is 151 Å². The Morgan fingerprint density at radius 3 is 1.05 bits per heavy atom. The van der Waals surface area contributed by atoms with E-state index in [1.54, 1.807) is 0 Å². The molecule has 0 atom stereocenters. The van der Waals surface area contributed by atoms with E-state index < -0.39 is 0 Å². The van der Waals surface area contributed by atoms with Gasteiger partial charge in [-0.3, -0.25) is 4.98 Å². The summed E-state index contributed by atoms with van der Waals surface area (Å²) >= 11 is 0. The molecule has 0 bridgehead atoms. The average Bonchev–Trinajstić information content (AvgIpc) is 3.93. The molecule has 406 valence electrons. The van der Waals surface area contributed by atoms with Crippen LogP contribution >= 0.6 is 0 Å². The second-order valence-electron chi connectivity index (χ2n) is 28.7. The Kier molecular flexibility index (Phi) is 12.9. The van der Waals surface area contributed by atoms with Crippen LogP contribution in [0.3, 0.4) is 0 Å². The van der Waals surface area contributed by atoms with E-state index in [0.717, 1.165) is 61.3 Å². The molecule has 6 nitrogen and oxygen atoms in total. The molecule has 0 aliphatic heterocycles. The lowest BCUT2D eigenvalue weighted by Crippen LogP contribution is -2.17. The van der Waals surface area contributed by atoms with Crippen LogP contribution < -0.4 is 0 Å². The van der Waals surface area contributed by atoms with Crippen LogP contribution in [-0.4, -0.2) is 29.1 Å². The quantitative estimate of drug-likeness (QED) is 0.166. The zero-order valence-corrected chi connectivity index (χ0v) is 50.7. The highest BCUT2D eigenvalue weighted by Crippen LogP contribution is 2.45. The van der Waals surface area contributed by atoms with Gasteiger partial charge in [0.15, 0.2) is 17.5 Å². The van der Waals surface area contributed by atoms with Crippen molar-refractivity contribution in [1.82, 2.24) is 29.1 Å². The number of rotatable bonds is 6. The van der Waals surface area contributed by atoms with Crippen molar-refractivity contribution in [1.29, 1.82) is 0 Å². The molecule has 4 heterocycles. The van der Waals surface area contributed by atoms with E-state index in [1.165, 1.54) is 54.9 Å². The van der Waals surface area contributed by atoms with Crippen LogP contribution in [0.5, 0.6) is 0 Å². The second-order valence-corrected chi connectivity index (χ2v) is 28.7. The number of hydrogen-bond donors (Lipinski definition) is 0. The van der Waals surface area contributed by atoms with Crippen LogP contribution in [-0.2, 0) is 32.5 Å². The summed E-state index contributed by atoms with van der Waals surface area (Å²) in [6.45, 7) is 41.2. The SMILES string of the molecule is CC(C)(C)c1cc(-c2nc(-c3cc(C(C)(C)C)cc(C(C)(C)C)c3)nc(-c3ccc(-n4c5ccc(C(C)(C)C)cc5c5cc(C(C)(C)C)ccc54)c(-c4cnccc4-n4c5ccccc5c5ccccc54)c3)n2)cc(C(C)(C)C)c1. The summed E-state index contributed by atoms with van der Waals surface area (Å²) in [5, 5.41) is 4.86. The van der Waals surface area contributed by atoms with Gasteiger partial charge in [-0.2, -0.15) is 0 Å². The first-order chi connectivity index (χ1) is 37.4. The van der Waals surface area contributed by atoms with Gasteiger partial charge in [0.1, 0.15) is 0 Å². The fourth-order valence-electron chi connectivity index (χ4n) is 11.3. The van der Waals surface area contributed by atoms with Gasteiger partial charge in [-0.15, -0.1) is 0 Å². The largest absolute Gasteiger partial charge is 0.309 e. The van der Waals surface area contributed by atoms with Crippen LogP contribution in [0.15, 0.2) is 158 Å². The van der Waals surface area contributed by atoms with Crippen molar-refractivity contribution in [3.63, 3.8) is 0 Å². The lowest BCUT2D eigenvalue weighted by atomic mass is 9.79. The maximum absolute atomic E-state index is 5.58. The third-order valence-electron chi connectivity index (χ3n) is 16.4. The van der Waals surface area contributed by atoms with E-state index in [2.05, 4.69) is 279 Å². The third kappa shape index (κ3) is 9.94. The summed E-state index contributed by atoms with van der Waals surface area (Å²) in [5.41, 5.74) is 18.4. The van der Waals surface area contributed by atoms with Crippen LogP contribution in [0.2, 0.25) is 0 Å². The fraction of sp³-hybridized carbons (Fsp3) is 0.324. The Morgan fingerprint density at radius 2 is 0.650 bits per heavy atom. The van der Waals surface area contributed by atoms with Crippen molar-refractivity contribution >= 4 is 43.6 Å². The molecule has 0 unspecified atom stereocenters. The zero-order chi connectivity index (χ0) is 57.2. The van der Waals surface area contributed by atoms with Crippen molar-refractivity contribution in [3.05, 3.63) is 191 Å². The number of benzene rings is 7. The minimum Gasteiger partial charge on any atom is -0.309 e. The number of para-hydroxylation sites is 2. The topological polar surface area (TPSA) is 61.4 Å². The van der Waals surface area contributed by atoms with Gasteiger partial charge in [-0.25, -0.2) is 15.0 Å².